The Labute approximate surface area is 121 Å². The largest absolute Gasteiger partial charge is 0.416 e. The van der Waals surface area contributed by atoms with E-state index in [0.717, 1.165) is 17.7 Å². The summed E-state index contributed by atoms with van der Waals surface area (Å²) in [5.74, 6) is 0.139. The predicted octanol–water partition coefficient (Wildman–Crippen LogP) is 3.98. The molecule has 0 aliphatic carbocycles. The summed E-state index contributed by atoms with van der Waals surface area (Å²) < 4.78 is 38.2. The van der Waals surface area contributed by atoms with Gasteiger partial charge in [0.15, 0.2) is 0 Å². The number of hydrogen-bond acceptors (Lipinski definition) is 3. The van der Waals surface area contributed by atoms with Gasteiger partial charge in [-0.05, 0) is 30.0 Å². The Morgan fingerprint density at radius 2 is 2.05 bits per heavy atom. The second-order valence-electron chi connectivity index (χ2n) is 4.59. The summed E-state index contributed by atoms with van der Waals surface area (Å²) in [6, 6.07) is 4.74. The quantitative estimate of drug-likeness (QED) is 0.739. The molecule has 1 N–H and O–H groups in total. The van der Waals surface area contributed by atoms with Gasteiger partial charge in [-0.3, -0.25) is 4.79 Å². The van der Waals surface area contributed by atoms with Crippen LogP contribution in [-0.4, -0.2) is 9.97 Å². The summed E-state index contributed by atoms with van der Waals surface area (Å²) >= 11 is 1.29. The second kappa shape index (κ2) is 4.70. The highest BCUT2D eigenvalue weighted by molar-refractivity contribution is 7.16. The lowest BCUT2D eigenvalue weighted by molar-refractivity contribution is -0.137. The molecule has 3 rings (SSSR count). The molecule has 1 aromatic carbocycles. The van der Waals surface area contributed by atoms with Gasteiger partial charge in [-0.1, -0.05) is 12.1 Å². The molecule has 0 saturated carbocycles. The number of benzene rings is 1. The van der Waals surface area contributed by atoms with Crippen LogP contribution >= 0.6 is 11.3 Å². The number of alkyl halides is 3. The zero-order valence-electron chi connectivity index (χ0n) is 10.8. The Morgan fingerprint density at radius 3 is 2.76 bits per heavy atom. The molecule has 0 atom stereocenters. The predicted molar refractivity (Wildman–Crippen MR) is 75.4 cm³/mol. The summed E-state index contributed by atoms with van der Waals surface area (Å²) in [4.78, 5) is 19.3. The van der Waals surface area contributed by atoms with Crippen LogP contribution in [-0.2, 0) is 6.18 Å². The number of halogens is 3. The lowest BCUT2D eigenvalue weighted by Crippen LogP contribution is -2.10. The fourth-order valence-corrected chi connectivity index (χ4v) is 2.99. The van der Waals surface area contributed by atoms with E-state index in [9.17, 15) is 18.0 Å². The minimum Gasteiger partial charge on any atom is -0.306 e. The average Bonchev–Trinajstić information content (AvgIpc) is 2.80. The van der Waals surface area contributed by atoms with Crippen molar-refractivity contribution in [3.8, 4) is 11.4 Å². The third-order valence-electron chi connectivity index (χ3n) is 3.09. The first-order valence-electron chi connectivity index (χ1n) is 6.02. The third kappa shape index (κ3) is 2.44. The van der Waals surface area contributed by atoms with Gasteiger partial charge in [-0.25, -0.2) is 4.98 Å². The van der Waals surface area contributed by atoms with E-state index in [1.54, 1.807) is 12.3 Å². The van der Waals surface area contributed by atoms with Gasteiger partial charge in [-0.15, -0.1) is 11.3 Å². The number of rotatable bonds is 1. The van der Waals surface area contributed by atoms with Gasteiger partial charge in [0, 0.05) is 5.56 Å². The third-order valence-corrected chi connectivity index (χ3v) is 4.08. The number of thiophene rings is 1. The zero-order valence-corrected chi connectivity index (χ0v) is 11.6. The van der Waals surface area contributed by atoms with Gasteiger partial charge >= 0.3 is 6.18 Å². The van der Waals surface area contributed by atoms with Crippen molar-refractivity contribution >= 4 is 21.6 Å². The first kappa shape index (κ1) is 13.8. The summed E-state index contributed by atoms with van der Waals surface area (Å²) in [6.45, 7) is 1.79. The van der Waals surface area contributed by atoms with Gasteiger partial charge < -0.3 is 4.98 Å². The number of nitrogens with one attached hydrogen (secondary N) is 1. The summed E-state index contributed by atoms with van der Waals surface area (Å²) in [6.07, 6.45) is -4.43. The molecule has 0 spiro atoms. The van der Waals surface area contributed by atoms with Crippen molar-refractivity contribution in [1.82, 2.24) is 9.97 Å². The van der Waals surface area contributed by atoms with Crippen LogP contribution in [0.5, 0.6) is 0 Å². The maximum absolute atomic E-state index is 12.7. The zero-order chi connectivity index (χ0) is 15.2. The number of H-pyrrole nitrogens is 1. The lowest BCUT2D eigenvalue weighted by Gasteiger charge is -2.08. The standard InChI is InChI=1S/C14H9F3N2OS/c1-7-6-21-13-10(7)12(20)18-11(19-13)8-3-2-4-9(5-8)14(15,16)17/h2-6H,1H3,(H,18,19,20). The first-order chi connectivity index (χ1) is 9.86. The molecule has 3 nitrogen and oxygen atoms in total. The van der Waals surface area contributed by atoms with Crippen molar-refractivity contribution in [3.63, 3.8) is 0 Å². The van der Waals surface area contributed by atoms with Crippen molar-refractivity contribution in [3.05, 3.63) is 51.1 Å². The molecule has 0 aliphatic heterocycles. The van der Waals surface area contributed by atoms with Crippen molar-refractivity contribution in [2.75, 3.05) is 0 Å². The van der Waals surface area contributed by atoms with E-state index in [4.69, 9.17) is 0 Å². The van der Waals surface area contributed by atoms with Crippen molar-refractivity contribution in [2.24, 2.45) is 0 Å². The Hall–Kier alpha value is -2.15. The van der Waals surface area contributed by atoms with E-state index >= 15 is 0 Å². The molecule has 0 aliphatic rings. The molecule has 7 heteroatoms. The SMILES string of the molecule is Cc1csc2nc(-c3cccc(C(F)(F)F)c3)[nH]c(=O)c12. The summed E-state index contributed by atoms with van der Waals surface area (Å²) in [7, 11) is 0. The molecule has 0 amide bonds. The lowest BCUT2D eigenvalue weighted by atomic mass is 10.1. The van der Waals surface area contributed by atoms with Gasteiger partial charge in [0.05, 0.1) is 10.9 Å². The van der Waals surface area contributed by atoms with Gasteiger partial charge in [-0.2, -0.15) is 13.2 Å². The molecule has 21 heavy (non-hydrogen) atoms. The van der Waals surface area contributed by atoms with Gasteiger partial charge in [0.25, 0.3) is 5.56 Å². The number of hydrogen-bond donors (Lipinski definition) is 1. The fraction of sp³-hybridized carbons (Fsp3) is 0.143. The van der Waals surface area contributed by atoms with E-state index in [1.807, 2.05) is 0 Å². The smallest absolute Gasteiger partial charge is 0.306 e. The van der Waals surface area contributed by atoms with E-state index in [2.05, 4.69) is 9.97 Å². The van der Waals surface area contributed by atoms with Crippen molar-refractivity contribution in [1.29, 1.82) is 0 Å². The minimum atomic E-state index is -4.43. The molecule has 108 valence electrons. The minimum absolute atomic E-state index is 0.139. The molecule has 2 heterocycles. The molecule has 0 unspecified atom stereocenters. The van der Waals surface area contributed by atoms with Crippen LogP contribution in [0.15, 0.2) is 34.4 Å². The van der Waals surface area contributed by atoms with Crippen LogP contribution in [0.25, 0.3) is 21.6 Å². The van der Waals surface area contributed by atoms with Crippen LogP contribution < -0.4 is 5.56 Å². The van der Waals surface area contributed by atoms with Crippen LogP contribution in [0.2, 0.25) is 0 Å². The number of aryl methyl sites for hydroxylation is 1. The average molecular weight is 310 g/mol. The Kier molecular flexibility index (Phi) is 3.09. The number of aromatic amines is 1. The van der Waals surface area contributed by atoms with Gasteiger partial charge in [0.1, 0.15) is 10.7 Å². The molecular formula is C14H9F3N2OS. The molecule has 0 fully saturated rings. The van der Waals surface area contributed by atoms with Crippen LogP contribution in [0.4, 0.5) is 13.2 Å². The molecule has 0 saturated heterocycles. The van der Waals surface area contributed by atoms with Crippen molar-refractivity contribution in [2.45, 2.75) is 13.1 Å². The van der Waals surface area contributed by atoms with Crippen LogP contribution in [0, 0.1) is 6.92 Å². The maximum Gasteiger partial charge on any atom is 0.416 e. The topological polar surface area (TPSA) is 45.8 Å². The van der Waals surface area contributed by atoms with E-state index in [1.165, 1.54) is 23.5 Å². The molecule has 0 bridgehead atoms. The normalized spacial score (nSPS) is 12.0. The highest BCUT2D eigenvalue weighted by atomic mass is 32.1. The number of nitrogens with zero attached hydrogens (tertiary/aromatic N) is 1. The van der Waals surface area contributed by atoms with E-state index in [-0.39, 0.29) is 16.9 Å². The summed E-state index contributed by atoms with van der Waals surface area (Å²) in [5, 5.41) is 2.28. The number of aromatic nitrogens is 2. The Bertz CT molecular complexity index is 880. The van der Waals surface area contributed by atoms with Crippen molar-refractivity contribution < 1.29 is 13.2 Å². The van der Waals surface area contributed by atoms with Crippen LogP contribution in [0.3, 0.4) is 0 Å². The second-order valence-corrected chi connectivity index (χ2v) is 5.45. The highest BCUT2D eigenvalue weighted by Crippen LogP contribution is 2.31. The summed E-state index contributed by atoms with van der Waals surface area (Å²) in [5.41, 5.74) is -0.0783. The van der Waals surface area contributed by atoms with E-state index in [0.29, 0.717) is 10.2 Å². The van der Waals surface area contributed by atoms with E-state index < -0.39 is 11.7 Å². The molecule has 3 aromatic rings. The Morgan fingerprint density at radius 1 is 1.29 bits per heavy atom. The Balaban J connectivity index is 2.19. The molecular weight excluding hydrogens is 301 g/mol. The highest BCUT2D eigenvalue weighted by Gasteiger charge is 2.30. The van der Waals surface area contributed by atoms with Crippen LogP contribution in [0.1, 0.15) is 11.1 Å². The van der Waals surface area contributed by atoms with Gasteiger partial charge in [0.2, 0.25) is 0 Å². The monoisotopic (exact) mass is 310 g/mol. The molecule has 2 aromatic heterocycles. The number of fused-ring (bicyclic) bond motifs is 1. The maximum atomic E-state index is 12.7. The first-order valence-corrected chi connectivity index (χ1v) is 6.90. The fourth-order valence-electron chi connectivity index (χ4n) is 2.07. The molecule has 0 radical (unpaired) electrons.